The van der Waals surface area contributed by atoms with Gasteiger partial charge in [-0.2, -0.15) is 0 Å². The van der Waals surface area contributed by atoms with Gasteiger partial charge in [-0.3, -0.25) is 4.79 Å². The van der Waals surface area contributed by atoms with Gasteiger partial charge in [-0.1, -0.05) is 187 Å². The maximum atomic E-state index is 12.9. The van der Waals surface area contributed by atoms with E-state index in [1.165, 1.54) is 141 Å². The molecule has 6 N–H and O–H groups in total. The molecule has 2 unspecified atom stereocenters. The van der Waals surface area contributed by atoms with Crippen LogP contribution < -0.4 is 5.32 Å². The average molecular weight is 730 g/mol. The molecule has 1 aliphatic rings. The minimum absolute atomic E-state index is 0.132. The minimum atomic E-state index is -1.55. The van der Waals surface area contributed by atoms with Gasteiger partial charge in [-0.15, -0.1) is 0 Å². The zero-order valence-electron chi connectivity index (χ0n) is 33.1. The van der Waals surface area contributed by atoms with Gasteiger partial charge in [0.1, 0.15) is 24.4 Å². The summed E-state index contributed by atoms with van der Waals surface area (Å²) in [7, 11) is 0. The molecule has 1 amide bonds. The SMILES string of the molecule is CCCCCCCCCCCCCCCCC(=O)N[C@@H](CO[C@@H]1O[C@H](CO)[C@H](O)C(O)C1O)[C@H](O)CCCCCCCCCCCCCCCC. The first-order valence-electron chi connectivity index (χ1n) is 21.7. The van der Waals surface area contributed by atoms with Gasteiger partial charge in [0, 0.05) is 6.42 Å². The van der Waals surface area contributed by atoms with Gasteiger partial charge < -0.3 is 40.3 Å². The highest BCUT2D eigenvalue weighted by Gasteiger charge is 2.44. The van der Waals surface area contributed by atoms with E-state index >= 15 is 0 Å². The molecule has 9 nitrogen and oxygen atoms in total. The Morgan fingerprint density at radius 2 is 0.980 bits per heavy atom. The lowest BCUT2D eigenvalue weighted by Crippen LogP contribution is -2.60. The summed E-state index contributed by atoms with van der Waals surface area (Å²) in [6, 6.07) is -0.710. The van der Waals surface area contributed by atoms with E-state index in [1.807, 2.05) is 0 Å². The molecule has 0 bridgehead atoms. The Balaban J connectivity index is 2.35. The number of amides is 1. The van der Waals surface area contributed by atoms with Crippen LogP contribution in [-0.4, -0.2) is 87.5 Å². The fourth-order valence-electron chi connectivity index (χ4n) is 7.16. The molecule has 1 aliphatic heterocycles. The Morgan fingerprint density at radius 3 is 1.39 bits per heavy atom. The number of rotatable bonds is 36. The highest BCUT2D eigenvalue weighted by Crippen LogP contribution is 2.23. The number of carbonyl (C=O) groups is 1. The zero-order valence-corrected chi connectivity index (χ0v) is 33.1. The van der Waals surface area contributed by atoms with Crippen LogP contribution in [0.15, 0.2) is 0 Å². The summed E-state index contributed by atoms with van der Waals surface area (Å²) >= 11 is 0. The molecule has 0 aromatic carbocycles. The largest absolute Gasteiger partial charge is 0.394 e. The first kappa shape index (κ1) is 48.2. The van der Waals surface area contributed by atoms with Crippen LogP contribution in [0, 0.1) is 0 Å². The Hall–Kier alpha value is -0.810. The summed E-state index contributed by atoms with van der Waals surface area (Å²) in [6.07, 6.45) is 28.1. The monoisotopic (exact) mass is 730 g/mol. The quantitative estimate of drug-likeness (QED) is 0.0353. The Labute approximate surface area is 313 Å². The normalized spacial score (nSPS) is 21.9. The van der Waals surface area contributed by atoms with Crippen molar-refractivity contribution in [3.63, 3.8) is 0 Å². The molecular weight excluding hydrogens is 646 g/mol. The number of hydrogen-bond acceptors (Lipinski definition) is 8. The van der Waals surface area contributed by atoms with E-state index in [-0.39, 0.29) is 12.5 Å². The lowest BCUT2D eigenvalue weighted by Gasteiger charge is -2.40. The maximum absolute atomic E-state index is 12.9. The molecule has 1 fully saturated rings. The van der Waals surface area contributed by atoms with Gasteiger partial charge in [0.2, 0.25) is 5.91 Å². The molecule has 1 heterocycles. The van der Waals surface area contributed by atoms with E-state index in [4.69, 9.17) is 9.47 Å². The third-order valence-electron chi connectivity index (χ3n) is 10.7. The van der Waals surface area contributed by atoms with Crippen LogP contribution >= 0.6 is 0 Å². The van der Waals surface area contributed by atoms with E-state index in [1.54, 1.807) is 0 Å². The first-order valence-corrected chi connectivity index (χ1v) is 21.7. The molecule has 7 atom stereocenters. The van der Waals surface area contributed by atoms with Crippen LogP contribution in [0.5, 0.6) is 0 Å². The summed E-state index contributed by atoms with van der Waals surface area (Å²) in [4.78, 5) is 12.9. The van der Waals surface area contributed by atoms with Gasteiger partial charge >= 0.3 is 0 Å². The topological polar surface area (TPSA) is 149 Å². The van der Waals surface area contributed by atoms with Crippen LogP contribution in [0.2, 0.25) is 0 Å². The third kappa shape index (κ3) is 25.0. The van der Waals surface area contributed by atoms with Crippen molar-refractivity contribution in [1.82, 2.24) is 5.32 Å². The molecule has 304 valence electrons. The maximum Gasteiger partial charge on any atom is 0.220 e. The first-order chi connectivity index (χ1) is 24.8. The van der Waals surface area contributed by atoms with Crippen LogP contribution in [0.1, 0.15) is 206 Å². The second kappa shape index (κ2) is 33.7. The highest BCUT2D eigenvalue weighted by atomic mass is 16.7. The Bertz CT molecular complexity index is 771. The van der Waals surface area contributed by atoms with Crippen molar-refractivity contribution in [2.75, 3.05) is 13.2 Å². The lowest BCUT2D eigenvalue weighted by molar-refractivity contribution is -0.302. The molecule has 9 heteroatoms. The predicted molar refractivity (Wildman–Crippen MR) is 208 cm³/mol. The van der Waals surface area contributed by atoms with Crippen molar-refractivity contribution < 1.29 is 39.8 Å². The van der Waals surface area contributed by atoms with Crippen molar-refractivity contribution in [3.8, 4) is 0 Å². The van der Waals surface area contributed by atoms with Crippen LogP contribution in [0.4, 0.5) is 0 Å². The van der Waals surface area contributed by atoms with E-state index < -0.39 is 49.5 Å². The second-order valence-corrected chi connectivity index (χ2v) is 15.5. The van der Waals surface area contributed by atoms with Gasteiger partial charge in [0.25, 0.3) is 0 Å². The summed E-state index contributed by atoms with van der Waals surface area (Å²) < 4.78 is 11.2. The lowest BCUT2D eigenvalue weighted by atomic mass is 9.99. The molecule has 51 heavy (non-hydrogen) atoms. The fraction of sp³-hybridized carbons (Fsp3) is 0.976. The molecular formula is C42H83NO8. The molecule has 0 spiro atoms. The van der Waals surface area contributed by atoms with E-state index in [9.17, 15) is 30.3 Å². The molecule has 1 rings (SSSR count). The van der Waals surface area contributed by atoms with Crippen molar-refractivity contribution in [2.24, 2.45) is 0 Å². The number of hydrogen-bond donors (Lipinski definition) is 6. The van der Waals surface area contributed by atoms with E-state index in [0.717, 1.165) is 38.5 Å². The molecule has 0 radical (unpaired) electrons. The molecule has 0 saturated carbocycles. The fourth-order valence-corrected chi connectivity index (χ4v) is 7.16. The molecule has 1 saturated heterocycles. The number of carbonyl (C=O) groups excluding carboxylic acids is 1. The second-order valence-electron chi connectivity index (χ2n) is 15.5. The summed E-state index contributed by atoms with van der Waals surface area (Å²) in [5.74, 6) is -0.142. The Morgan fingerprint density at radius 1 is 0.588 bits per heavy atom. The van der Waals surface area contributed by atoms with Gasteiger partial charge in [0.05, 0.1) is 25.4 Å². The molecule has 0 aromatic rings. The van der Waals surface area contributed by atoms with Crippen molar-refractivity contribution >= 4 is 5.91 Å². The third-order valence-corrected chi connectivity index (χ3v) is 10.7. The van der Waals surface area contributed by atoms with E-state index in [2.05, 4.69) is 19.2 Å². The molecule has 0 aromatic heterocycles. The smallest absolute Gasteiger partial charge is 0.220 e. The average Bonchev–Trinajstić information content (AvgIpc) is 3.13. The van der Waals surface area contributed by atoms with Gasteiger partial charge in [-0.25, -0.2) is 0 Å². The zero-order chi connectivity index (χ0) is 37.4. The van der Waals surface area contributed by atoms with E-state index in [0.29, 0.717) is 12.8 Å². The minimum Gasteiger partial charge on any atom is -0.394 e. The number of ether oxygens (including phenoxy) is 2. The number of aliphatic hydroxyl groups excluding tert-OH is 5. The number of nitrogens with one attached hydrogen (secondary N) is 1. The van der Waals surface area contributed by atoms with Crippen LogP contribution in [-0.2, 0) is 14.3 Å². The highest BCUT2D eigenvalue weighted by molar-refractivity contribution is 5.76. The number of unbranched alkanes of at least 4 members (excludes halogenated alkanes) is 26. The van der Waals surface area contributed by atoms with Gasteiger partial charge in [-0.05, 0) is 12.8 Å². The van der Waals surface area contributed by atoms with Crippen LogP contribution in [0.25, 0.3) is 0 Å². The standard InChI is InChI=1S/C42H83NO8/c1-3-5-7-9-11-13-15-17-19-21-23-25-27-29-31-36(45)35(34-50-42-41(49)40(48)39(47)37(33-44)51-42)43-38(46)32-30-28-26-24-22-20-18-16-14-12-10-8-6-4-2/h35-37,39-42,44-45,47-49H,3-34H2,1-2H3,(H,43,46)/t35-,36+,37+,39-,40?,41?,42+/m0/s1. The van der Waals surface area contributed by atoms with Crippen LogP contribution in [0.3, 0.4) is 0 Å². The molecule has 0 aliphatic carbocycles. The van der Waals surface area contributed by atoms with Crippen molar-refractivity contribution in [3.05, 3.63) is 0 Å². The predicted octanol–water partition coefficient (Wildman–Crippen LogP) is 8.39. The number of aliphatic hydroxyl groups is 5. The Kier molecular flexibility index (Phi) is 31.9. The van der Waals surface area contributed by atoms with Crippen molar-refractivity contribution in [2.45, 2.75) is 249 Å². The summed E-state index contributed by atoms with van der Waals surface area (Å²) in [6.45, 7) is 3.83. The summed E-state index contributed by atoms with van der Waals surface area (Å²) in [5.41, 5.74) is 0. The van der Waals surface area contributed by atoms with Gasteiger partial charge in [0.15, 0.2) is 6.29 Å². The van der Waals surface area contributed by atoms with Crippen molar-refractivity contribution in [1.29, 1.82) is 0 Å². The summed E-state index contributed by atoms with van der Waals surface area (Å²) in [5, 5.41) is 54.2.